The number of hydrogen-bond acceptors (Lipinski definition) is 3. The summed E-state index contributed by atoms with van der Waals surface area (Å²) in [6.45, 7) is 3.77. The second-order valence-corrected chi connectivity index (χ2v) is 7.03. The molecule has 1 aromatic heterocycles. The maximum atomic E-state index is 13.1. The molecule has 1 aliphatic rings. The number of rotatable bonds is 1. The van der Waals surface area contributed by atoms with Crippen molar-refractivity contribution in [3.63, 3.8) is 0 Å². The fourth-order valence-electron chi connectivity index (χ4n) is 3.31. The Hall–Kier alpha value is -2.30. The third kappa shape index (κ3) is 2.44. The number of carbonyl (C=O) groups excluding carboxylic acids is 1. The van der Waals surface area contributed by atoms with Crippen LogP contribution in [0.4, 0.5) is 0 Å². The van der Waals surface area contributed by atoms with Crippen LogP contribution >= 0.6 is 23.2 Å². The van der Waals surface area contributed by atoms with Crippen LogP contribution < -0.4 is 10.7 Å². The molecule has 2 heterocycles. The lowest BCUT2D eigenvalue weighted by Crippen LogP contribution is -2.22. The molecule has 1 atom stereocenters. The van der Waals surface area contributed by atoms with E-state index in [4.69, 9.17) is 27.6 Å². The minimum absolute atomic E-state index is 0.0560. The first-order chi connectivity index (χ1) is 11.9. The average molecular weight is 374 g/mol. The summed E-state index contributed by atoms with van der Waals surface area (Å²) < 4.78 is 5.82. The second-order valence-electron chi connectivity index (χ2n) is 6.21. The molecule has 0 aliphatic carbocycles. The molecule has 0 spiro atoms. The van der Waals surface area contributed by atoms with Crippen LogP contribution in [0.15, 0.2) is 39.5 Å². The van der Waals surface area contributed by atoms with Crippen molar-refractivity contribution < 1.29 is 9.21 Å². The van der Waals surface area contributed by atoms with Gasteiger partial charge in [-0.25, -0.2) is 0 Å². The van der Waals surface area contributed by atoms with Gasteiger partial charge in [0.05, 0.1) is 27.0 Å². The fraction of sp³-hybridized carbons (Fsp3) is 0.158. The summed E-state index contributed by atoms with van der Waals surface area (Å²) in [6, 6.07) is 8.11. The van der Waals surface area contributed by atoms with E-state index < -0.39 is 11.9 Å². The highest BCUT2D eigenvalue weighted by atomic mass is 35.5. The van der Waals surface area contributed by atoms with Gasteiger partial charge < -0.3 is 9.73 Å². The van der Waals surface area contributed by atoms with Crippen LogP contribution in [0.2, 0.25) is 10.0 Å². The highest BCUT2D eigenvalue weighted by Gasteiger charge is 2.36. The lowest BCUT2D eigenvalue weighted by Gasteiger charge is -2.12. The van der Waals surface area contributed by atoms with Gasteiger partial charge in [-0.15, -0.1) is 0 Å². The minimum Gasteiger partial charge on any atom is -0.450 e. The summed E-state index contributed by atoms with van der Waals surface area (Å²) in [5, 5.41) is 4.04. The highest BCUT2D eigenvalue weighted by molar-refractivity contribution is 6.42. The first-order valence-corrected chi connectivity index (χ1v) is 8.46. The van der Waals surface area contributed by atoms with Gasteiger partial charge in [-0.05, 0) is 48.7 Å². The number of halogens is 2. The van der Waals surface area contributed by atoms with Crippen LogP contribution in [0.25, 0.3) is 11.0 Å². The molecule has 0 saturated carbocycles. The standard InChI is InChI=1S/C19H13Cl2NO3/c1-8-5-9(2)17-11(6-8)16(23)14-15(22-19(24)18(14)25-17)10-3-4-12(20)13(21)7-10/h3-7,15H,1-2H3,(H,22,24). The molecule has 0 saturated heterocycles. The molecule has 126 valence electrons. The third-order valence-electron chi connectivity index (χ3n) is 4.40. The Kier molecular flexibility index (Phi) is 3.63. The Morgan fingerprint density at radius 1 is 1.04 bits per heavy atom. The predicted octanol–water partition coefficient (Wildman–Crippen LogP) is 4.55. The van der Waals surface area contributed by atoms with Crippen LogP contribution in [0.5, 0.6) is 0 Å². The Labute approximate surface area is 153 Å². The number of aryl methyl sites for hydroxylation is 2. The van der Waals surface area contributed by atoms with Gasteiger partial charge in [0, 0.05) is 0 Å². The van der Waals surface area contributed by atoms with E-state index in [1.807, 2.05) is 19.9 Å². The predicted molar refractivity (Wildman–Crippen MR) is 97.7 cm³/mol. The molecular weight excluding hydrogens is 361 g/mol. The molecule has 1 N–H and O–H groups in total. The van der Waals surface area contributed by atoms with E-state index >= 15 is 0 Å². The van der Waals surface area contributed by atoms with Gasteiger partial charge in [0.2, 0.25) is 5.76 Å². The van der Waals surface area contributed by atoms with Crippen LogP contribution in [0.1, 0.15) is 38.9 Å². The number of carbonyl (C=O) groups is 1. The van der Waals surface area contributed by atoms with Crippen molar-refractivity contribution in [3.8, 4) is 0 Å². The quantitative estimate of drug-likeness (QED) is 0.680. The summed E-state index contributed by atoms with van der Waals surface area (Å²) in [5.74, 6) is -0.356. The zero-order valence-corrected chi connectivity index (χ0v) is 15.0. The van der Waals surface area contributed by atoms with Crippen molar-refractivity contribution >= 4 is 40.1 Å². The molecule has 1 aliphatic heterocycles. The van der Waals surface area contributed by atoms with Crippen LogP contribution in [-0.4, -0.2) is 5.91 Å². The van der Waals surface area contributed by atoms with E-state index in [1.54, 1.807) is 24.3 Å². The largest absolute Gasteiger partial charge is 0.450 e. The zero-order valence-electron chi connectivity index (χ0n) is 13.4. The minimum atomic E-state index is -0.612. The van der Waals surface area contributed by atoms with Gasteiger partial charge in [0.25, 0.3) is 5.91 Å². The summed E-state index contributed by atoms with van der Waals surface area (Å²) in [6.07, 6.45) is 0. The van der Waals surface area contributed by atoms with Gasteiger partial charge >= 0.3 is 0 Å². The number of nitrogens with one attached hydrogen (secondary N) is 1. The Morgan fingerprint density at radius 3 is 2.52 bits per heavy atom. The first kappa shape index (κ1) is 16.2. The summed E-state index contributed by atoms with van der Waals surface area (Å²) in [4.78, 5) is 25.5. The molecule has 2 aromatic carbocycles. The molecule has 0 bridgehead atoms. The molecule has 0 radical (unpaired) electrons. The molecule has 1 amide bonds. The fourth-order valence-corrected chi connectivity index (χ4v) is 3.61. The molecule has 4 nitrogen and oxygen atoms in total. The van der Waals surface area contributed by atoms with E-state index in [9.17, 15) is 9.59 Å². The second kappa shape index (κ2) is 5.61. The molecule has 25 heavy (non-hydrogen) atoms. The lowest BCUT2D eigenvalue weighted by molar-refractivity contribution is 0.0938. The Balaban J connectivity index is 2.01. The average Bonchev–Trinajstić information content (AvgIpc) is 2.89. The van der Waals surface area contributed by atoms with E-state index in [-0.39, 0.29) is 11.2 Å². The summed E-state index contributed by atoms with van der Waals surface area (Å²) in [5.41, 5.74) is 3.00. The molecule has 4 rings (SSSR count). The maximum Gasteiger partial charge on any atom is 0.288 e. The van der Waals surface area contributed by atoms with Crippen LogP contribution in [0.3, 0.4) is 0 Å². The molecular formula is C19H13Cl2NO3. The SMILES string of the molecule is Cc1cc(C)c2oc3c(c(=O)c2c1)C(c1ccc(Cl)c(Cl)c1)NC3=O. The van der Waals surface area contributed by atoms with Gasteiger partial charge in [-0.3, -0.25) is 9.59 Å². The van der Waals surface area contributed by atoms with Gasteiger partial charge in [0.15, 0.2) is 5.43 Å². The van der Waals surface area contributed by atoms with E-state index in [1.165, 1.54) is 0 Å². The Bertz CT molecular complexity index is 1120. The maximum absolute atomic E-state index is 13.1. The number of amides is 1. The van der Waals surface area contributed by atoms with E-state index in [0.717, 1.165) is 11.1 Å². The molecule has 3 aromatic rings. The molecule has 1 unspecified atom stereocenters. The normalized spacial score (nSPS) is 16.2. The molecule has 6 heteroatoms. The van der Waals surface area contributed by atoms with Gasteiger partial charge in [-0.1, -0.05) is 35.3 Å². The van der Waals surface area contributed by atoms with Gasteiger partial charge in [0.1, 0.15) is 5.58 Å². The highest BCUT2D eigenvalue weighted by Crippen LogP contribution is 2.34. The topological polar surface area (TPSA) is 59.3 Å². The van der Waals surface area contributed by atoms with Crippen molar-refractivity contribution in [1.29, 1.82) is 0 Å². The number of hydrogen-bond donors (Lipinski definition) is 1. The lowest BCUT2D eigenvalue weighted by atomic mass is 9.98. The van der Waals surface area contributed by atoms with Crippen molar-refractivity contribution in [1.82, 2.24) is 5.32 Å². The van der Waals surface area contributed by atoms with Crippen LogP contribution in [-0.2, 0) is 0 Å². The zero-order chi connectivity index (χ0) is 17.9. The molecule has 0 fully saturated rings. The van der Waals surface area contributed by atoms with E-state index in [2.05, 4.69) is 5.32 Å². The Morgan fingerprint density at radius 2 is 1.80 bits per heavy atom. The van der Waals surface area contributed by atoms with E-state index in [0.29, 0.717) is 32.1 Å². The van der Waals surface area contributed by atoms with Crippen molar-refractivity contribution in [2.24, 2.45) is 0 Å². The number of fused-ring (bicyclic) bond motifs is 2. The smallest absolute Gasteiger partial charge is 0.288 e. The summed E-state index contributed by atoms with van der Waals surface area (Å²) in [7, 11) is 0. The first-order valence-electron chi connectivity index (χ1n) is 7.70. The van der Waals surface area contributed by atoms with Crippen molar-refractivity contribution in [2.75, 3.05) is 0 Å². The van der Waals surface area contributed by atoms with Crippen molar-refractivity contribution in [2.45, 2.75) is 19.9 Å². The number of benzene rings is 2. The monoisotopic (exact) mass is 373 g/mol. The third-order valence-corrected chi connectivity index (χ3v) is 5.14. The van der Waals surface area contributed by atoms with Crippen molar-refractivity contribution in [3.05, 3.63) is 78.6 Å². The van der Waals surface area contributed by atoms with Crippen LogP contribution in [0, 0.1) is 13.8 Å². The van der Waals surface area contributed by atoms with Gasteiger partial charge in [-0.2, -0.15) is 0 Å². The summed E-state index contributed by atoms with van der Waals surface area (Å²) >= 11 is 12.0.